The van der Waals surface area contributed by atoms with Crippen molar-refractivity contribution in [2.75, 3.05) is 0 Å². The highest BCUT2D eigenvalue weighted by atomic mass is 19.1. The summed E-state index contributed by atoms with van der Waals surface area (Å²) in [7, 11) is 0. The minimum absolute atomic E-state index is 0.0794. The van der Waals surface area contributed by atoms with E-state index in [4.69, 9.17) is 0 Å². The largest absolute Gasteiger partial charge is 0.339 e. The first-order chi connectivity index (χ1) is 14.4. The predicted octanol–water partition coefficient (Wildman–Crippen LogP) is 2.35. The Kier molecular flexibility index (Phi) is 5.39. The van der Waals surface area contributed by atoms with Gasteiger partial charge in [0.05, 0.1) is 17.8 Å². The number of aryl methyl sites for hydroxylation is 1. The Morgan fingerprint density at radius 1 is 1.40 bits per heavy atom. The highest BCUT2D eigenvalue weighted by Crippen LogP contribution is 2.35. The number of piperidine rings is 1. The summed E-state index contributed by atoms with van der Waals surface area (Å²) in [5.41, 5.74) is 2.06. The molecule has 1 aliphatic carbocycles. The van der Waals surface area contributed by atoms with E-state index >= 15 is 0 Å². The Morgan fingerprint density at radius 2 is 2.20 bits per heavy atom. The van der Waals surface area contributed by atoms with Gasteiger partial charge in [-0.3, -0.25) is 9.59 Å². The standard InChI is InChI=1S/C22H24FN5O2/c1-12-7-20(27-28(12)13(2)29)15-4-3-14(19(23)10-15)8-18(11-24)26-22(30)21-16-5-6-17(9-16)25-21/h3-4,7,10,16-18,21,25H,5-6,8-9H2,1-2H3,(H,26,30)/t16-,17+,18-,21-/m0/s1. The lowest BCUT2D eigenvalue weighted by atomic mass is 9.98. The molecule has 2 heterocycles. The summed E-state index contributed by atoms with van der Waals surface area (Å²) in [5, 5.41) is 19.7. The summed E-state index contributed by atoms with van der Waals surface area (Å²) in [6.07, 6.45) is 3.21. The van der Waals surface area contributed by atoms with E-state index in [0.717, 1.165) is 19.3 Å². The second-order valence-electron chi connectivity index (χ2n) is 8.22. The molecule has 2 bridgehead atoms. The van der Waals surface area contributed by atoms with Gasteiger partial charge in [0.25, 0.3) is 0 Å². The van der Waals surface area contributed by atoms with Crippen LogP contribution in [0.25, 0.3) is 11.3 Å². The van der Waals surface area contributed by atoms with Gasteiger partial charge in [0.2, 0.25) is 11.8 Å². The first kappa shape index (κ1) is 20.2. The molecule has 0 spiro atoms. The summed E-state index contributed by atoms with van der Waals surface area (Å²) < 4.78 is 16.0. The zero-order valence-corrected chi connectivity index (χ0v) is 17.0. The molecule has 156 valence electrons. The average molecular weight is 409 g/mol. The first-order valence-corrected chi connectivity index (χ1v) is 10.2. The van der Waals surface area contributed by atoms with Crippen molar-refractivity contribution in [1.82, 2.24) is 20.4 Å². The molecule has 1 aliphatic heterocycles. The zero-order chi connectivity index (χ0) is 21.4. The summed E-state index contributed by atoms with van der Waals surface area (Å²) in [6.45, 7) is 3.17. The van der Waals surface area contributed by atoms with Gasteiger partial charge in [-0.15, -0.1) is 0 Å². The van der Waals surface area contributed by atoms with E-state index in [0.29, 0.717) is 34.5 Å². The van der Waals surface area contributed by atoms with Crippen molar-refractivity contribution < 1.29 is 14.0 Å². The van der Waals surface area contributed by atoms with Gasteiger partial charge >= 0.3 is 0 Å². The number of nitriles is 1. The van der Waals surface area contributed by atoms with Crippen molar-refractivity contribution in [2.45, 2.75) is 57.7 Å². The molecule has 30 heavy (non-hydrogen) atoms. The molecule has 0 radical (unpaired) electrons. The average Bonchev–Trinajstić information content (AvgIpc) is 3.44. The summed E-state index contributed by atoms with van der Waals surface area (Å²) in [4.78, 5) is 24.1. The van der Waals surface area contributed by atoms with E-state index in [1.807, 2.05) is 0 Å². The van der Waals surface area contributed by atoms with Gasteiger partial charge in [-0.1, -0.05) is 12.1 Å². The van der Waals surface area contributed by atoms with Gasteiger partial charge < -0.3 is 10.6 Å². The molecule has 2 N–H and O–H groups in total. The van der Waals surface area contributed by atoms with Crippen molar-refractivity contribution in [3.05, 3.63) is 41.3 Å². The molecule has 0 unspecified atom stereocenters. The normalized spacial score (nSPS) is 23.2. The molecule has 8 heteroatoms. The zero-order valence-electron chi connectivity index (χ0n) is 17.0. The number of hydrogen-bond donors (Lipinski definition) is 2. The number of rotatable bonds is 5. The lowest BCUT2D eigenvalue weighted by molar-refractivity contribution is -0.124. The van der Waals surface area contributed by atoms with Gasteiger partial charge in [-0.2, -0.15) is 10.4 Å². The topological polar surface area (TPSA) is 99.8 Å². The van der Waals surface area contributed by atoms with E-state index in [9.17, 15) is 19.2 Å². The Bertz CT molecular complexity index is 1040. The van der Waals surface area contributed by atoms with Crippen LogP contribution in [-0.2, 0) is 11.2 Å². The number of nitrogens with one attached hydrogen (secondary N) is 2. The Balaban J connectivity index is 1.45. The molecule has 2 aliphatic rings. The molecule has 1 aromatic heterocycles. The van der Waals surface area contributed by atoms with Crippen LogP contribution in [0.5, 0.6) is 0 Å². The second kappa shape index (κ2) is 8.00. The van der Waals surface area contributed by atoms with Crippen LogP contribution in [0, 0.1) is 30.0 Å². The maximum Gasteiger partial charge on any atom is 0.243 e. The van der Waals surface area contributed by atoms with Crippen LogP contribution < -0.4 is 10.6 Å². The van der Waals surface area contributed by atoms with Gasteiger partial charge in [-0.25, -0.2) is 9.07 Å². The van der Waals surface area contributed by atoms with E-state index in [1.165, 1.54) is 17.7 Å². The molecule has 4 rings (SSSR count). The number of nitrogens with zero attached hydrogens (tertiary/aromatic N) is 3. The monoisotopic (exact) mass is 409 g/mol. The smallest absolute Gasteiger partial charge is 0.243 e. The molecule has 1 saturated heterocycles. The van der Waals surface area contributed by atoms with E-state index in [1.54, 1.807) is 25.1 Å². The molecule has 2 aromatic rings. The predicted molar refractivity (Wildman–Crippen MR) is 108 cm³/mol. The Labute approximate surface area is 174 Å². The van der Waals surface area contributed by atoms with Crippen molar-refractivity contribution in [3.8, 4) is 17.3 Å². The van der Waals surface area contributed by atoms with Crippen LogP contribution in [0.1, 0.15) is 42.2 Å². The molecule has 1 saturated carbocycles. The molecule has 2 fully saturated rings. The number of carbonyl (C=O) groups is 2. The Hall–Kier alpha value is -3.05. The van der Waals surface area contributed by atoms with Gasteiger partial charge in [0.15, 0.2) is 0 Å². The third-order valence-electron chi connectivity index (χ3n) is 6.07. The first-order valence-electron chi connectivity index (χ1n) is 10.2. The third kappa shape index (κ3) is 3.85. The van der Waals surface area contributed by atoms with Crippen LogP contribution in [0.4, 0.5) is 4.39 Å². The molecular formula is C22H24FN5O2. The Morgan fingerprint density at radius 3 is 2.77 bits per heavy atom. The van der Waals surface area contributed by atoms with Gasteiger partial charge in [-0.05, 0) is 49.8 Å². The number of aromatic nitrogens is 2. The quantitative estimate of drug-likeness (QED) is 0.790. The number of carbonyl (C=O) groups excluding carboxylic acids is 2. The lowest BCUT2D eigenvalue weighted by Crippen LogP contribution is -2.50. The van der Waals surface area contributed by atoms with E-state index in [2.05, 4.69) is 21.8 Å². The summed E-state index contributed by atoms with van der Waals surface area (Å²) in [5.74, 6) is -0.553. The molecule has 7 nitrogen and oxygen atoms in total. The summed E-state index contributed by atoms with van der Waals surface area (Å²) >= 11 is 0. The van der Waals surface area contributed by atoms with Crippen molar-refractivity contribution in [3.63, 3.8) is 0 Å². The minimum atomic E-state index is -0.807. The van der Waals surface area contributed by atoms with E-state index < -0.39 is 11.9 Å². The third-order valence-corrected chi connectivity index (χ3v) is 6.07. The maximum absolute atomic E-state index is 14.7. The summed E-state index contributed by atoms with van der Waals surface area (Å²) in [6, 6.07) is 7.76. The van der Waals surface area contributed by atoms with Crippen LogP contribution in [0.3, 0.4) is 0 Å². The van der Waals surface area contributed by atoms with Gasteiger partial charge in [0, 0.05) is 30.6 Å². The minimum Gasteiger partial charge on any atom is -0.339 e. The van der Waals surface area contributed by atoms with Crippen molar-refractivity contribution >= 4 is 11.8 Å². The van der Waals surface area contributed by atoms with Gasteiger partial charge in [0.1, 0.15) is 11.9 Å². The molecule has 4 atom stereocenters. The maximum atomic E-state index is 14.7. The molecule has 1 amide bonds. The van der Waals surface area contributed by atoms with Crippen molar-refractivity contribution in [2.24, 2.45) is 5.92 Å². The van der Waals surface area contributed by atoms with Crippen LogP contribution in [0.15, 0.2) is 24.3 Å². The number of benzene rings is 1. The number of fused-ring (bicyclic) bond motifs is 2. The second-order valence-corrected chi connectivity index (χ2v) is 8.22. The van der Waals surface area contributed by atoms with Crippen molar-refractivity contribution in [1.29, 1.82) is 5.26 Å². The fourth-order valence-corrected chi connectivity index (χ4v) is 4.57. The fraction of sp³-hybridized carbons (Fsp3) is 0.455. The van der Waals surface area contributed by atoms with E-state index in [-0.39, 0.29) is 24.3 Å². The number of halogens is 1. The highest BCUT2D eigenvalue weighted by Gasteiger charge is 2.43. The lowest BCUT2D eigenvalue weighted by Gasteiger charge is -2.23. The number of hydrogen-bond acceptors (Lipinski definition) is 5. The van der Waals surface area contributed by atoms with Crippen LogP contribution in [-0.4, -0.2) is 39.7 Å². The fourth-order valence-electron chi connectivity index (χ4n) is 4.57. The molecular weight excluding hydrogens is 385 g/mol. The SMILES string of the molecule is CC(=O)n1nc(-c2ccc(C[C@@H](C#N)NC(=O)[C@H]3N[C@@H]4CC[C@H]3C4)c(F)c2)cc1C. The molecule has 1 aromatic carbocycles. The highest BCUT2D eigenvalue weighted by molar-refractivity contribution is 5.83. The number of amides is 1. The van der Waals surface area contributed by atoms with Crippen LogP contribution >= 0.6 is 0 Å². The van der Waals surface area contributed by atoms with Crippen LogP contribution in [0.2, 0.25) is 0 Å².